The summed E-state index contributed by atoms with van der Waals surface area (Å²) in [5.41, 5.74) is 10.4. The number of amides is 2. The summed E-state index contributed by atoms with van der Waals surface area (Å²) < 4.78 is 0. The lowest BCUT2D eigenvalue weighted by Gasteiger charge is -2.22. The second-order valence-electron chi connectivity index (χ2n) is 6.92. The Bertz CT molecular complexity index is 1200. The van der Waals surface area contributed by atoms with E-state index in [0.717, 1.165) is 5.56 Å². The molecule has 1 aromatic heterocycles. The van der Waals surface area contributed by atoms with Crippen LogP contribution in [0.5, 0.6) is 0 Å². The van der Waals surface area contributed by atoms with Crippen LogP contribution in [-0.4, -0.2) is 33.0 Å². The standard InChI is InChI=1S/C24H21N5O3/c1-16(21-14-26-15-27-21)22(24(31)29-32)28-23(30)19-10-6-17(7-11-19)4-2-3-5-18-8-12-20(25)13-9-18/h6-16,22,32H,25H2,1H3,(H,26,27)(H,28,30)(H,29,31)/t16?,22-/m0/s1. The van der Waals surface area contributed by atoms with Crippen molar-refractivity contribution >= 4 is 17.5 Å². The van der Waals surface area contributed by atoms with E-state index in [2.05, 4.69) is 39.0 Å². The number of nitrogens with zero attached hydrogens (tertiary/aromatic N) is 1. The number of rotatable bonds is 5. The first-order valence-electron chi connectivity index (χ1n) is 9.68. The van der Waals surface area contributed by atoms with E-state index in [1.165, 1.54) is 6.33 Å². The quantitative estimate of drug-likeness (QED) is 0.183. The van der Waals surface area contributed by atoms with Gasteiger partial charge in [0.05, 0.1) is 6.33 Å². The SMILES string of the molecule is CC(c1cnc[nH]1)[C@H](NC(=O)c1ccc(C#CC#Cc2ccc(N)cc2)cc1)C(=O)NO. The average Bonchev–Trinajstić information content (AvgIpc) is 3.36. The zero-order valence-corrected chi connectivity index (χ0v) is 17.2. The number of nitrogens with one attached hydrogen (secondary N) is 3. The van der Waals surface area contributed by atoms with Crippen molar-refractivity contribution in [3.05, 3.63) is 83.4 Å². The first-order chi connectivity index (χ1) is 15.5. The second kappa shape index (κ2) is 10.5. The maximum absolute atomic E-state index is 12.6. The van der Waals surface area contributed by atoms with Gasteiger partial charge in [-0.15, -0.1) is 0 Å². The molecule has 3 aromatic rings. The van der Waals surface area contributed by atoms with Crippen molar-refractivity contribution in [3.63, 3.8) is 0 Å². The predicted molar refractivity (Wildman–Crippen MR) is 119 cm³/mol. The van der Waals surface area contributed by atoms with E-state index in [-0.39, 0.29) is 0 Å². The first-order valence-corrected chi connectivity index (χ1v) is 9.68. The zero-order chi connectivity index (χ0) is 22.9. The molecule has 0 aliphatic rings. The molecule has 2 aromatic carbocycles. The van der Waals surface area contributed by atoms with Gasteiger partial charge in [-0.3, -0.25) is 14.8 Å². The van der Waals surface area contributed by atoms with Crippen LogP contribution in [0.3, 0.4) is 0 Å². The van der Waals surface area contributed by atoms with E-state index in [0.29, 0.717) is 22.5 Å². The highest BCUT2D eigenvalue weighted by Gasteiger charge is 2.29. The van der Waals surface area contributed by atoms with Crippen molar-refractivity contribution < 1.29 is 14.8 Å². The molecule has 0 saturated carbocycles. The topological polar surface area (TPSA) is 133 Å². The lowest BCUT2D eigenvalue weighted by molar-refractivity contribution is -0.131. The molecule has 8 heteroatoms. The predicted octanol–water partition coefficient (Wildman–Crippen LogP) is 1.80. The Labute approximate surface area is 185 Å². The minimum absolute atomic E-state index is 0.344. The van der Waals surface area contributed by atoms with Gasteiger partial charge in [0.25, 0.3) is 11.8 Å². The fourth-order valence-electron chi connectivity index (χ4n) is 2.89. The molecule has 8 nitrogen and oxygen atoms in total. The van der Waals surface area contributed by atoms with Gasteiger partial charge in [-0.1, -0.05) is 18.8 Å². The normalized spacial score (nSPS) is 11.7. The minimum atomic E-state index is -1.00. The highest BCUT2D eigenvalue weighted by molar-refractivity contribution is 5.97. The van der Waals surface area contributed by atoms with E-state index >= 15 is 0 Å². The first kappa shape index (κ1) is 22.2. The number of hydroxylamine groups is 1. The molecule has 6 N–H and O–H groups in total. The van der Waals surface area contributed by atoms with Gasteiger partial charge < -0.3 is 16.0 Å². The number of aromatic nitrogens is 2. The summed E-state index contributed by atoms with van der Waals surface area (Å²) >= 11 is 0. The Balaban J connectivity index is 1.66. The van der Waals surface area contributed by atoms with Crippen LogP contribution in [0.25, 0.3) is 0 Å². The Kier molecular flexibility index (Phi) is 7.26. The summed E-state index contributed by atoms with van der Waals surface area (Å²) in [6.45, 7) is 1.73. The number of hydrogen-bond donors (Lipinski definition) is 5. The molecule has 0 aliphatic heterocycles. The molecule has 0 radical (unpaired) electrons. The van der Waals surface area contributed by atoms with Crippen molar-refractivity contribution in [2.45, 2.75) is 18.9 Å². The monoisotopic (exact) mass is 427 g/mol. The van der Waals surface area contributed by atoms with Crippen molar-refractivity contribution in [2.24, 2.45) is 0 Å². The van der Waals surface area contributed by atoms with Crippen LogP contribution < -0.4 is 16.5 Å². The third kappa shape index (κ3) is 5.76. The molecule has 0 fully saturated rings. The smallest absolute Gasteiger partial charge is 0.266 e. The fourth-order valence-corrected chi connectivity index (χ4v) is 2.89. The number of carbonyl (C=O) groups is 2. The van der Waals surface area contributed by atoms with Crippen LogP contribution in [0.4, 0.5) is 5.69 Å². The van der Waals surface area contributed by atoms with Gasteiger partial charge in [-0.05, 0) is 60.4 Å². The number of aromatic amines is 1. The molecule has 2 atom stereocenters. The van der Waals surface area contributed by atoms with Crippen LogP contribution in [0.2, 0.25) is 0 Å². The van der Waals surface area contributed by atoms with Crippen molar-refractivity contribution in [1.29, 1.82) is 0 Å². The van der Waals surface area contributed by atoms with Crippen LogP contribution in [0.1, 0.15) is 40.0 Å². The molecule has 3 rings (SSSR count). The van der Waals surface area contributed by atoms with Crippen molar-refractivity contribution in [3.8, 4) is 23.7 Å². The molecule has 0 aliphatic carbocycles. The van der Waals surface area contributed by atoms with Gasteiger partial charge in [-0.25, -0.2) is 10.5 Å². The highest BCUT2D eigenvalue weighted by Crippen LogP contribution is 2.17. The molecule has 0 bridgehead atoms. The van der Waals surface area contributed by atoms with Crippen LogP contribution in [0.15, 0.2) is 61.1 Å². The molecule has 0 saturated heterocycles. The summed E-state index contributed by atoms with van der Waals surface area (Å²) in [5, 5.41) is 11.7. The Morgan fingerprint density at radius 2 is 1.62 bits per heavy atom. The van der Waals surface area contributed by atoms with Crippen LogP contribution >= 0.6 is 0 Å². The lowest BCUT2D eigenvalue weighted by atomic mass is 9.97. The summed E-state index contributed by atoms with van der Waals surface area (Å²) in [4.78, 5) is 31.5. The average molecular weight is 427 g/mol. The number of nitrogens with two attached hydrogens (primary N) is 1. The zero-order valence-electron chi connectivity index (χ0n) is 17.2. The van der Waals surface area contributed by atoms with E-state index < -0.39 is 23.8 Å². The van der Waals surface area contributed by atoms with E-state index in [1.54, 1.807) is 55.0 Å². The number of nitrogen functional groups attached to an aromatic ring is 1. The minimum Gasteiger partial charge on any atom is -0.399 e. The molecule has 160 valence electrons. The third-order valence-corrected chi connectivity index (χ3v) is 4.72. The van der Waals surface area contributed by atoms with E-state index in [1.807, 2.05) is 12.1 Å². The van der Waals surface area contributed by atoms with Crippen molar-refractivity contribution in [1.82, 2.24) is 20.8 Å². The maximum atomic E-state index is 12.6. The second-order valence-corrected chi connectivity index (χ2v) is 6.92. The summed E-state index contributed by atoms with van der Waals surface area (Å²) in [6, 6.07) is 12.7. The Morgan fingerprint density at radius 3 is 2.16 bits per heavy atom. The summed E-state index contributed by atoms with van der Waals surface area (Å²) in [7, 11) is 0. The highest BCUT2D eigenvalue weighted by atomic mass is 16.5. The number of imidazole rings is 1. The molecule has 1 heterocycles. The number of benzene rings is 2. The number of hydrogen-bond acceptors (Lipinski definition) is 5. The molecule has 0 spiro atoms. The fraction of sp³-hybridized carbons (Fsp3) is 0.125. The molecular weight excluding hydrogens is 406 g/mol. The lowest BCUT2D eigenvalue weighted by Crippen LogP contribution is -2.48. The molecule has 1 unspecified atom stereocenters. The summed E-state index contributed by atoms with van der Waals surface area (Å²) in [6.07, 6.45) is 3.03. The van der Waals surface area contributed by atoms with Gasteiger partial charge in [-0.2, -0.15) is 0 Å². The van der Waals surface area contributed by atoms with Gasteiger partial charge >= 0.3 is 0 Å². The van der Waals surface area contributed by atoms with E-state index in [9.17, 15) is 9.59 Å². The van der Waals surface area contributed by atoms with E-state index in [4.69, 9.17) is 10.9 Å². The van der Waals surface area contributed by atoms with Gasteiger partial charge in [0, 0.05) is 40.2 Å². The Hall–Kier alpha value is -4.53. The Morgan fingerprint density at radius 1 is 1.03 bits per heavy atom. The third-order valence-electron chi connectivity index (χ3n) is 4.72. The number of anilines is 1. The molecule has 2 amide bonds. The van der Waals surface area contributed by atoms with Gasteiger partial charge in [0.2, 0.25) is 0 Å². The largest absolute Gasteiger partial charge is 0.399 e. The number of carbonyl (C=O) groups excluding carboxylic acids is 2. The van der Waals surface area contributed by atoms with Gasteiger partial charge in [0.15, 0.2) is 0 Å². The summed E-state index contributed by atoms with van der Waals surface area (Å²) in [5.74, 6) is 9.72. The van der Waals surface area contributed by atoms with Crippen LogP contribution in [0, 0.1) is 23.7 Å². The van der Waals surface area contributed by atoms with Crippen LogP contribution in [-0.2, 0) is 4.79 Å². The van der Waals surface area contributed by atoms with Gasteiger partial charge in [0.1, 0.15) is 6.04 Å². The molecular formula is C24H21N5O3. The van der Waals surface area contributed by atoms with Crippen molar-refractivity contribution in [2.75, 3.05) is 5.73 Å². The number of H-pyrrole nitrogens is 1. The maximum Gasteiger partial charge on any atom is 0.266 e. The molecule has 32 heavy (non-hydrogen) atoms.